The van der Waals surface area contributed by atoms with Gasteiger partial charge in [0.05, 0.1) is 5.69 Å². The minimum atomic E-state index is -0.164. The quantitative estimate of drug-likeness (QED) is 0.151. The first-order valence-corrected chi connectivity index (χ1v) is 20.1. The van der Waals surface area contributed by atoms with Crippen molar-refractivity contribution in [2.45, 2.75) is 76.0 Å². The summed E-state index contributed by atoms with van der Waals surface area (Å²) >= 11 is 0. The molecule has 4 unspecified atom stereocenters. The Bertz CT molecular complexity index is 2310. The van der Waals surface area contributed by atoms with Crippen LogP contribution in [-0.4, -0.2) is 0 Å². The zero-order chi connectivity index (χ0) is 35.5. The van der Waals surface area contributed by atoms with E-state index in [2.05, 4.69) is 170 Å². The number of nitrogens with zero attached hydrogens (tertiary/aromatic N) is 1. The molecule has 53 heavy (non-hydrogen) atoms. The molecule has 10 rings (SSSR count). The lowest BCUT2D eigenvalue weighted by atomic mass is 9.78. The van der Waals surface area contributed by atoms with Crippen LogP contribution in [-0.2, 0) is 5.41 Å². The van der Waals surface area contributed by atoms with Crippen molar-refractivity contribution in [3.05, 3.63) is 174 Å². The summed E-state index contributed by atoms with van der Waals surface area (Å²) in [6.45, 7) is 4.85. The minimum Gasteiger partial charge on any atom is -0.310 e. The van der Waals surface area contributed by atoms with Gasteiger partial charge < -0.3 is 4.90 Å². The molecular formula is C52H49N. The van der Waals surface area contributed by atoms with Gasteiger partial charge in [-0.2, -0.15) is 0 Å². The van der Waals surface area contributed by atoms with E-state index in [4.69, 9.17) is 0 Å². The van der Waals surface area contributed by atoms with Gasteiger partial charge in [0.2, 0.25) is 0 Å². The smallest absolute Gasteiger partial charge is 0.0543 e. The molecule has 0 aromatic heterocycles. The second-order valence-corrected chi connectivity index (χ2v) is 16.8. The van der Waals surface area contributed by atoms with E-state index in [1.165, 1.54) is 105 Å². The lowest BCUT2D eigenvalue weighted by Gasteiger charge is -2.33. The summed E-state index contributed by atoms with van der Waals surface area (Å²) < 4.78 is 0. The fourth-order valence-corrected chi connectivity index (χ4v) is 10.8. The van der Waals surface area contributed by atoms with Crippen molar-refractivity contribution in [1.29, 1.82) is 0 Å². The maximum Gasteiger partial charge on any atom is 0.0543 e. The predicted molar refractivity (Wildman–Crippen MR) is 223 cm³/mol. The van der Waals surface area contributed by atoms with Gasteiger partial charge in [0.1, 0.15) is 0 Å². The van der Waals surface area contributed by atoms with Crippen LogP contribution in [0.5, 0.6) is 0 Å². The first-order chi connectivity index (χ1) is 26.0. The van der Waals surface area contributed by atoms with Crippen molar-refractivity contribution < 1.29 is 0 Å². The molecule has 4 atom stereocenters. The highest BCUT2D eigenvalue weighted by Gasteiger charge is 2.41. The van der Waals surface area contributed by atoms with Crippen LogP contribution in [0.2, 0.25) is 0 Å². The summed E-state index contributed by atoms with van der Waals surface area (Å²) in [6, 6.07) is 53.2. The molecule has 0 aliphatic heterocycles. The summed E-state index contributed by atoms with van der Waals surface area (Å²) in [7, 11) is 0. The average molecular weight is 688 g/mol. The van der Waals surface area contributed by atoms with E-state index in [0.29, 0.717) is 5.92 Å². The lowest BCUT2D eigenvalue weighted by Crippen LogP contribution is -2.19. The number of fused-ring (bicyclic) bond motifs is 5. The van der Waals surface area contributed by atoms with Gasteiger partial charge in [-0.1, -0.05) is 142 Å². The first kappa shape index (κ1) is 32.5. The van der Waals surface area contributed by atoms with E-state index < -0.39 is 0 Å². The van der Waals surface area contributed by atoms with E-state index in [9.17, 15) is 0 Å². The summed E-state index contributed by atoms with van der Waals surface area (Å²) in [5, 5.41) is 0. The molecule has 0 heterocycles. The van der Waals surface area contributed by atoms with Gasteiger partial charge in [0.25, 0.3) is 0 Å². The van der Waals surface area contributed by atoms with Gasteiger partial charge in [-0.3, -0.25) is 0 Å². The number of hydrogen-bond donors (Lipinski definition) is 0. The maximum absolute atomic E-state index is 2.58. The standard InChI is InChI=1S/C52H49N/c1-52(2)48-19-10-9-18-45(48)46-30-31-49(50(51(46)52)40-24-22-38(23-25-40)36-12-5-3-6-13-36)53(44-17-11-16-41(34-44)37-14-7-4-8-15-37)43-28-26-39(27-29-43)47-33-35-20-21-42(47)32-35/h3-7,9-13,16-19,22-31,34-35,37,42,47H,8,14-15,20-21,32-33H2,1-2H3. The average Bonchev–Trinajstić information content (AvgIpc) is 3.92. The Labute approximate surface area is 316 Å². The van der Waals surface area contributed by atoms with Crippen molar-refractivity contribution in [2.75, 3.05) is 4.90 Å². The van der Waals surface area contributed by atoms with Crippen LogP contribution in [0, 0.1) is 11.8 Å². The molecule has 0 N–H and O–H groups in total. The van der Waals surface area contributed by atoms with Gasteiger partial charge in [0.15, 0.2) is 0 Å². The minimum absolute atomic E-state index is 0.164. The van der Waals surface area contributed by atoms with Crippen molar-refractivity contribution in [3.8, 4) is 33.4 Å². The molecule has 4 aliphatic rings. The Kier molecular flexibility index (Phi) is 8.01. The molecule has 2 saturated carbocycles. The first-order valence-electron chi connectivity index (χ1n) is 20.1. The largest absolute Gasteiger partial charge is 0.310 e. The number of anilines is 3. The molecule has 0 spiro atoms. The molecule has 2 bridgehead atoms. The molecule has 0 saturated heterocycles. The Morgan fingerprint density at radius 2 is 1.34 bits per heavy atom. The number of allylic oxidation sites excluding steroid dienone is 2. The molecular weight excluding hydrogens is 639 g/mol. The van der Waals surface area contributed by atoms with E-state index in [1.807, 2.05) is 0 Å². The van der Waals surface area contributed by atoms with Crippen LogP contribution in [0.4, 0.5) is 17.1 Å². The third-order valence-electron chi connectivity index (χ3n) is 13.4. The SMILES string of the molecule is CC1(C)c2ccccc2-c2ccc(N(c3ccc(C4CC5CCC4C5)cc3)c3cccc(C4CC=CCC4)c3)c(-c3ccc(-c4ccccc4)cc3)c21. The summed E-state index contributed by atoms with van der Waals surface area (Å²) in [6.07, 6.45) is 13.9. The highest BCUT2D eigenvalue weighted by atomic mass is 15.1. The van der Waals surface area contributed by atoms with Crippen LogP contribution in [0.15, 0.2) is 152 Å². The van der Waals surface area contributed by atoms with Gasteiger partial charge in [0, 0.05) is 22.4 Å². The van der Waals surface area contributed by atoms with E-state index >= 15 is 0 Å². The van der Waals surface area contributed by atoms with Crippen molar-refractivity contribution in [1.82, 2.24) is 0 Å². The number of benzene rings is 6. The van der Waals surface area contributed by atoms with E-state index in [-0.39, 0.29) is 5.41 Å². The zero-order valence-electron chi connectivity index (χ0n) is 31.1. The molecule has 6 aromatic carbocycles. The third-order valence-corrected chi connectivity index (χ3v) is 13.4. The van der Waals surface area contributed by atoms with Crippen LogP contribution in [0.3, 0.4) is 0 Å². The summed E-state index contributed by atoms with van der Waals surface area (Å²) in [5.74, 6) is 3.08. The molecule has 1 nitrogen and oxygen atoms in total. The zero-order valence-corrected chi connectivity index (χ0v) is 31.1. The van der Waals surface area contributed by atoms with E-state index in [0.717, 1.165) is 30.6 Å². The van der Waals surface area contributed by atoms with Gasteiger partial charge >= 0.3 is 0 Å². The van der Waals surface area contributed by atoms with Crippen LogP contribution in [0.1, 0.15) is 92.9 Å². The Balaban J connectivity index is 1.17. The van der Waals surface area contributed by atoms with Crippen molar-refractivity contribution in [3.63, 3.8) is 0 Å². The van der Waals surface area contributed by atoms with Crippen molar-refractivity contribution >= 4 is 17.1 Å². The Hall–Kier alpha value is -5.14. The van der Waals surface area contributed by atoms with Gasteiger partial charge in [-0.05, 0) is 143 Å². The topological polar surface area (TPSA) is 3.24 Å². The number of rotatable bonds is 7. The fraction of sp³-hybridized carbons (Fsp3) is 0.269. The normalized spacial score (nSPS) is 22.1. The highest BCUT2D eigenvalue weighted by Crippen LogP contribution is 2.57. The summed E-state index contributed by atoms with van der Waals surface area (Å²) in [4.78, 5) is 2.58. The van der Waals surface area contributed by atoms with E-state index in [1.54, 1.807) is 0 Å². The number of hydrogen-bond acceptors (Lipinski definition) is 1. The molecule has 1 heteroatoms. The highest BCUT2D eigenvalue weighted by molar-refractivity contribution is 5.97. The lowest BCUT2D eigenvalue weighted by molar-refractivity contribution is 0.420. The Morgan fingerprint density at radius 3 is 2.09 bits per heavy atom. The maximum atomic E-state index is 2.58. The molecule has 4 aliphatic carbocycles. The van der Waals surface area contributed by atoms with Crippen LogP contribution in [0.25, 0.3) is 33.4 Å². The van der Waals surface area contributed by atoms with Gasteiger partial charge in [-0.15, -0.1) is 0 Å². The van der Waals surface area contributed by atoms with Gasteiger partial charge in [-0.25, -0.2) is 0 Å². The second-order valence-electron chi connectivity index (χ2n) is 16.8. The monoisotopic (exact) mass is 687 g/mol. The molecule has 262 valence electrons. The molecule has 6 aromatic rings. The summed E-state index contributed by atoms with van der Waals surface area (Å²) in [5.41, 5.74) is 17.1. The van der Waals surface area contributed by atoms with Crippen molar-refractivity contribution in [2.24, 2.45) is 11.8 Å². The van der Waals surface area contributed by atoms with Crippen LogP contribution < -0.4 is 4.90 Å². The molecule has 2 fully saturated rings. The third kappa shape index (κ3) is 5.59. The predicted octanol–water partition coefficient (Wildman–Crippen LogP) is 14.5. The fourth-order valence-electron chi connectivity index (χ4n) is 10.8. The van der Waals surface area contributed by atoms with Crippen LogP contribution >= 0.6 is 0 Å². The Morgan fingerprint density at radius 1 is 0.566 bits per heavy atom. The molecule has 0 radical (unpaired) electrons. The second kappa shape index (κ2) is 13.1. The molecule has 0 amide bonds.